The fraction of sp³-hybridized carbons (Fsp3) is 0.538. The van der Waals surface area contributed by atoms with Crippen molar-refractivity contribution in [2.24, 2.45) is 5.73 Å². The predicted molar refractivity (Wildman–Crippen MR) is 65.7 cm³/mol. The van der Waals surface area contributed by atoms with Gasteiger partial charge in [0.15, 0.2) is 0 Å². The molecule has 90 valence electrons. The van der Waals surface area contributed by atoms with Gasteiger partial charge in [-0.1, -0.05) is 31.9 Å². The van der Waals surface area contributed by atoms with Crippen molar-refractivity contribution in [2.45, 2.75) is 32.2 Å². The Hall–Kier alpha value is -0.930. The van der Waals surface area contributed by atoms with Gasteiger partial charge in [0.2, 0.25) is 0 Å². The van der Waals surface area contributed by atoms with Crippen molar-refractivity contribution in [3.63, 3.8) is 0 Å². The lowest BCUT2D eigenvalue weighted by atomic mass is 10.0. The molecule has 0 fully saturated rings. The highest BCUT2D eigenvalue weighted by atomic mass is 19.1. The van der Waals surface area contributed by atoms with Crippen LogP contribution in [0.25, 0.3) is 0 Å². The fourth-order valence-corrected chi connectivity index (χ4v) is 1.75. The smallest absolute Gasteiger partial charge is 0.123 e. The number of unbranched alkanes of at least 4 members (excludes halogenated alkanes) is 1. The summed E-state index contributed by atoms with van der Waals surface area (Å²) in [6.45, 7) is 3.60. The van der Waals surface area contributed by atoms with E-state index in [1.54, 1.807) is 0 Å². The lowest BCUT2D eigenvalue weighted by Gasteiger charge is -2.18. The minimum atomic E-state index is -0.184. The first kappa shape index (κ1) is 13.1. The van der Waals surface area contributed by atoms with Gasteiger partial charge in [-0.15, -0.1) is 0 Å². The Labute approximate surface area is 97.0 Å². The number of rotatable bonds is 7. The van der Waals surface area contributed by atoms with Crippen LogP contribution in [0.4, 0.5) is 4.39 Å². The van der Waals surface area contributed by atoms with E-state index in [1.807, 2.05) is 12.1 Å². The molecule has 0 bridgehead atoms. The Morgan fingerprint density at radius 3 is 2.56 bits per heavy atom. The Kier molecular flexibility index (Phi) is 6.04. The van der Waals surface area contributed by atoms with Gasteiger partial charge in [0, 0.05) is 19.1 Å². The average molecular weight is 224 g/mol. The molecular formula is C13H21FN2. The number of nitrogens with two attached hydrogens (primary N) is 1. The van der Waals surface area contributed by atoms with Crippen molar-refractivity contribution >= 4 is 0 Å². The molecular weight excluding hydrogens is 203 g/mol. The van der Waals surface area contributed by atoms with E-state index in [4.69, 9.17) is 5.73 Å². The molecule has 0 radical (unpaired) electrons. The van der Waals surface area contributed by atoms with Gasteiger partial charge in [-0.2, -0.15) is 0 Å². The van der Waals surface area contributed by atoms with Gasteiger partial charge >= 0.3 is 0 Å². The molecule has 0 aliphatic rings. The van der Waals surface area contributed by atoms with Gasteiger partial charge in [0.25, 0.3) is 0 Å². The number of hydrogen-bond donors (Lipinski definition) is 2. The zero-order chi connectivity index (χ0) is 11.8. The molecule has 0 saturated carbocycles. The second-order valence-electron chi connectivity index (χ2n) is 3.99. The Morgan fingerprint density at radius 1 is 1.31 bits per heavy atom. The van der Waals surface area contributed by atoms with Crippen LogP contribution in [0.15, 0.2) is 24.3 Å². The fourth-order valence-electron chi connectivity index (χ4n) is 1.75. The van der Waals surface area contributed by atoms with E-state index in [0.29, 0.717) is 12.6 Å². The monoisotopic (exact) mass is 224 g/mol. The molecule has 1 aromatic rings. The molecule has 0 heterocycles. The first-order valence-corrected chi connectivity index (χ1v) is 5.96. The summed E-state index contributed by atoms with van der Waals surface area (Å²) in [6, 6.07) is 7.01. The molecule has 0 aromatic heterocycles. The Balaban J connectivity index is 2.62. The molecule has 3 heteroatoms. The van der Waals surface area contributed by atoms with Crippen molar-refractivity contribution in [2.75, 3.05) is 13.1 Å². The average Bonchev–Trinajstić information content (AvgIpc) is 2.31. The van der Waals surface area contributed by atoms with Gasteiger partial charge in [0.05, 0.1) is 0 Å². The summed E-state index contributed by atoms with van der Waals surface area (Å²) in [7, 11) is 0. The molecule has 0 saturated heterocycles. The van der Waals surface area contributed by atoms with E-state index in [2.05, 4.69) is 12.2 Å². The van der Waals surface area contributed by atoms with Crippen LogP contribution in [0, 0.1) is 5.82 Å². The number of halogens is 1. The molecule has 0 aliphatic heterocycles. The summed E-state index contributed by atoms with van der Waals surface area (Å²) in [6.07, 6.45) is 3.41. The van der Waals surface area contributed by atoms with E-state index in [9.17, 15) is 4.39 Å². The molecule has 2 nitrogen and oxygen atoms in total. The minimum absolute atomic E-state index is 0.184. The van der Waals surface area contributed by atoms with Crippen LogP contribution in [0.5, 0.6) is 0 Å². The highest BCUT2D eigenvalue weighted by Gasteiger charge is 2.09. The van der Waals surface area contributed by atoms with Gasteiger partial charge in [-0.05, 0) is 24.1 Å². The summed E-state index contributed by atoms with van der Waals surface area (Å²) < 4.78 is 12.8. The van der Waals surface area contributed by atoms with Crippen LogP contribution in [-0.2, 0) is 0 Å². The quantitative estimate of drug-likeness (QED) is 0.747. The molecule has 3 N–H and O–H groups in total. The molecule has 1 rings (SSSR count). The lowest BCUT2D eigenvalue weighted by molar-refractivity contribution is 0.486. The second kappa shape index (κ2) is 7.36. The molecule has 0 aliphatic carbocycles. The number of nitrogens with one attached hydrogen (secondary N) is 1. The molecule has 0 amide bonds. The number of hydrogen-bond acceptors (Lipinski definition) is 2. The SMILES string of the molecule is CCCCC(NCCN)c1ccc(F)cc1. The van der Waals surface area contributed by atoms with Gasteiger partial charge in [-0.25, -0.2) is 4.39 Å². The van der Waals surface area contributed by atoms with Crippen LogP contribution in [0.2, 0.25) is 0 Å². The van der Waals surface area contributed by atoms with E-state index in [1.165, 1.54) is 25.0 Å². The summed E-state index contributed by atoms with van der Waals surface area (Å²) in [5.74, 6) is -0.184. The van der Waals surface area contributed by atoms with Crippen LogP contribution >= 0.6 is 0 Å². The van der Waals surface area contributed by atoms with Crippen molar-refractivity contribution in [1.82, 2.24) is 5.32 Å². The highest BCUT2D eigenvalue weighted by Crippen LogP contribution is 2.19. The Bertz CT molecular complexity index is 276. The molecule has 1 unspecified atom stereocenters. The minimum Gasteiger partial charge on any atom is -0.329 e. The largest absolute Gasteiger partial charge is 0.329 e. The zero-order valence-electron chi connectivity index (χ0n) is 9.88. The standard InChI is InChI=1S/C13H21FN2/c1-2-3-4-13(16-10-9-15)11-5-7-12(14)8-6-11/h5-8,13,16H,2-4,9-10,15H2,1H3. The van der Waals surface area contributed by atoms with E-state index in [0.717, 1.165) is 18.5 Å². The summed E-state index contributed by atoms with van der Waals surface area (Å²) >= 11 is 0. The molecule has 0 spiro atoms. The van der Waals surface area contributed by atoms with Crippen LogP contribution in [-0.4, -0.2) is 13.1 Å². The Morgan fingerprint density at radius 2 is 2.00 bits per heavy atom. The third kappa shape index (κ3) is 4.29. The van der Waals surface area contributed by atoms with Gasteiger partial charge in [-0.3, -0.25) is 0 Å². The molecule has 1 aromatic carbocycles. The third-order valence-corrected chi connectivity index (χ3v) is 2.65. The van der Waals surface area contributed by atoms with Gasteiger partial charge in [0.1, 0.15) is 5.82 Å². The summed E-state index contributed by atoms with van der Waals surface area (Å²) in [4.78, 5) is 0. The third-order valence-electron chi connectivity index (χ3n) is 2.65. The predicted octanol–water partition coefficient (Wildman–Crippen LogP) is 2.61. The maximum absolute atomic E-state index is 12.8. The zero-order valence-corrected chi connectivity index (χ0v) is 9.88. The van der Waals surface area contributed by atoms with Crippen molar-refractivity contribution in [3.05, 3.63) is 35.6 Å². The first-order valence-electron chi connectivity index (χ1n) is 5.96. The molecule has 16 heavy (non-hydrogen) atoms. The van der Waals surface area contributed by atoms with E-state index in [-0.39, 0.29) is 5.82 Å². The molecule has 1 atom stereocenters. The van der Waals surface area contributed by atoms with Crippen molar-refractivity contribution in [1.29, 1.82) is 0 Å². The maximum Gasteiger partial charge on any atom is 0.123 e. The second-order valence-corrected chi connectivity index (χ2v) is 3.99. The highest BCUT2D eigenvalue weighted by molar-refractivity contribution is 5.19. The van der Waals surface area contributed by atoms with Crippen LogP contribution in [0.3, 0.4) is 0 Å². The van der Waals surface area contributed by atoms with Crippen molar-refractivity contribution < 1.29 is 4.39 Å². The lowest BCUT2D eigenvalue weighted by Crippen LogP contribution is -2.27. The summed E-state index contributed by atoms with van der Waals surface area (Å²) in [5, 5.41) is 3.39. The number of benzene rings is 1. The van der Waals surface area contributed by atoms with Crippen LogP contribution in [0.1, 0.15) is 37.8 Å². The topological polar surface area (TPSA) is 38.0 Å². The first-order chi connectivity index (χ1) is 7.77. The normalized spacial score (nSPS) is 12.7. The van der Waals surface area contributed by atoms with Crippen LogP contribution < -0.4 is 11.1 Å². The van der Waals surface area contributed by atoms with Crippen molar-refractivity contribution in [3.8, 4) is 0 Å². The van der Waals surface area contributed by atoms with E-state index >= 15 is 0 Å². The van der Waals surface area contributed by atoms with E-state index < -0.39 is 0 Å². The summed E-state index contributed by atoms with van der Waals surface area (Å²) in [5.41, 5.74) is 6.63. The maximum atomic E-state index is 12.8. The van der Waals surface area contributed by atoms with Gasteiger partial charge < -0.3 is 11.1 Å².